The van der Waals surface area contributed by atoms with Gasteiger partial charge in [-0.25, -0.2) is 0 Å². The molecule has 0 aliphatic heterocycles. The lowest BCUT2D eigenvalue weighted by molar-refractivity contribution is -0.124. The van der Waals surface area contributed by atoms with Crippen molar-refractivity contribution < 1.29 is 23.8 Å². The first-order valence-electron chi connectivity index (χ1n) is 9.06. The minimum Gasteiger partial charge on any atom is -0.493 e. The average Bonchev–Trinajstić information content (AvgIpc) is 2.72. The van der Waals surface area contributed by atoms with Crippen LogP contribution in [0.3, 0.4) is 0 Å². The van der Waals surface area contributed by atoms with Crippen LogP contribution in [0.2, 0.25) is 0 Å². The molecule has 7 heteroatoms. The molecule has 7 nitrogen and oxygen atoms in total. The summed E-state index contributed by atoms with van der Waals surface area (Å²) in [6.07, 6.45) is 0.791. The number of ether oxygens (including phenoxy) is 3. The van der Waals surface area contributed by atoms with Crippen molar-refractivity contribution in [3.8, 4) is 17.2 Å². The first-order chi connectivity index (χ1) is 13.6. The van der Waals surface area contributed by atoms with E-state index in [1.165, 1.54) is 0 Å². The van der Waals surface area contributed by atoms with Gasteiger partial charge in [-0.3, -0.25) is 9.59 Å². The predicted molar refractivity (Wildman–Crippen MR) is 107 cm³/mol. The molecule has 0 heterocycles. The van der Waals surface area contributed by atoms with Crippen molar-refractivity contribution in [2.45, 2.75) is 19.8 Å². The molecule has 0 aliphatic rings. The van der Waals surface area contributed by atoms with Gasteiger partial charge in [-0.2, -0.15) is 0 Å². The highest BCUT2D eigenvalue weighted by molar-refractivity contribution is 5.95. The Hall–Kier alpha value is -3.22. The lowest BCUT2D eigenvalue weighted by atomic mass is 10.1. The standard InChI is InChI=1S/C21H26N2O5/c1-4-28-17-8-6-5-7-16(17)23-21(25)14-22-20(24)12-10-15-9-11-18(26-2)19(13-15)27-3/h5-9,11,13H,4,10,12,14H2,1-3H3,(H,22,24)(H,23,25). The van der Waals surface area contributed by atoms with Crippen molar-refractivity contribution in [2.75, 3.05) is 32.7 Å². The zero-order valence-electron chi connectivity index (χ0n) is 16.4. The van der Waals surface area contributed by atoms with Crippen LogP contribution < -0.4 is 24.8 Å². The van der Waals surface area contributed by atoms with Crippen molar-refractivity contribution in [1.82, 2.24) is 5.32 Å². The molecule has 0 unspecified atom stereocenters. The molecule has 28 heavy (non-hydrogen) atoms. The molecule has 0 aromatic heterocycles. The molecule has 2 aromatic carbocycles. The van der Waals surface area contributed by atoms with Crippen LogP contribution in [-0.2, 0) is 16.0 Å². The van der Waals surface area contributed by atoms with Gasteiger partial charge in [0.15, 0.2) is 11.5 Å². The number of rotatable bonds is 10. The Morgan fingerprint density at radius 2 is 1.68 bits per heavy atom. The SMILES string of the molecule is CCOc1ccccc1NC(=O)CNC(=O)CCc1ccc(OC)c(OC)c1. The second-order valence-corrected chi connectivity index (χ2v) is 5.94. The monoisotopic (exact) mass is 386 g/mol. The van der Waals surface area contributed by atoms with E-state index in [0.29, 0.717) is 36.0 Å². The smallest absolute Gasteiger partial charge is 0.243 e. The fraction of sp³-hybridized carbons (Fsp3) is 0.333. The van der Waals surface area contributed by atoms with Crippen LogP contribution in [0.4, 0.5) is 5.69 Å². The molecule has 2 rings (SSSR count). The van der Waals surface area contributed by atoms with E-state index in [0.717, 1.165) is 5.56 Å². The summed E-state index contributed by atoms with van der Waals surface area (Å²) in [5, 5.41) is 5.37. The van der Waals surface area contributed by atoms with E-state index in [1.807, 2.05) is 25.1 Å². The fourth-order valence-corrected chi connectivity index (χ4v) is 2.61. The number of amides is 2. The van der Waals surface area contributed by atoms with Gasteiger partial charge in [0.05, 0.1) is 33.1 Å². The molecule has 0 saturated carbocycles. The van der Waals surface area contributed by atoms with E-state index in [1.54, 1.807) is 38.5 Å². The van der Waals surface area contributed by atoms with Gasteiger partial charge >= 0.3 is 0 Å². The number of methoxy groups -OCH3 is 2. The number of carbonyl (C=O) groups is 2. The molecule has 0 aliphatic carbocycles. The Balaban J connectivity index is 1.80. The lowest BCUT2D eigenvalue weighted by Gasteiger charge is -2.12. The third-order valence-electron chi connectivity index (χ3n) is 4.00. The van der Waals surface area contributed by atoms with Crippen molar-refractivity contribution >= 4 is 17.5 Å². The molecule has 0 fully saturated rings. The molecule has 0 spiro atoms. The number of para-hydroxylation sites is 2. The summed E-state index contributed by atoms with van der Waals surface area (Å²) in [6.45, 7) is 2.27. The van der Waals surface area contributed by atoms with Crippen LogP contribution in [0.1, 0.15) is 18.9 Å². The minimum absolute atomic E-state index is 0.106. The number of hydrogen-bond acceptors (Lipinski definition) is 5. The number of hydrogen-bond donors (Lipinski definition) is 2. The fourth-order valence-electron chi connectivity index (χ4n) is 2.61. The first kappa shape index (κ1) is 21.1. The zero-order valence-corrected chi connectivity index (χ0v) is 16.4. The van der Waals surface area contributed by atoms with Crippen LogP contribution in [0, 0.1) is 0 Å². The Bertz CT molecular complexity index is 807. The zero-order chi connectivity index (χ0) is 20.4. The van der Waals surface area contributed by atoms with Crippen LogP contribution in [0.5, 0.6) is 17.2 Å². The Morgan fingerprint density at radius 1 is 0.929 bits per heavy atom. The van der Waals surface area contributed by atoms with Crippen LogP contribution in [0.15, 0.2) is 42.5 Å². The third-order valence-corrected chi connectivity index (χ3v) is 4.00. The van der Waals surface area contributed by atoms with E-state index in [-0.39, 0.29) is 24.8 Å². The van der Waals surface area contributed by atoms with E-state index in [9.17, 15) is 9.59 Å². The molecule has 0 radical (unpaired) electrons. The highest BCUT2D eigenvalue weighted by atomic mass is 16.5. The van der Waals surface area contributed by atoms with Crippen LogP contribution in [0.25, 0.3) is 0 Å². The number of benzene rings is 2. The summed E-state index contributed by atoms with van der Waals surface area (Å²) >= 11 is 0. The summed E-state index contributed by atoms with van der Waals surface area (Å²) in [4.78, 5) is 24.1. The van der Waals surface area contributed by atoms with Gasteiger partial charge in [0.1, 0.15) is 5.75 Å². The Kier molecular flexibility index (Phi) is 8.14. The van der Waals surface area contributed by atoms with Crippen molar-refractivity contribution in [3.63, 3.8) is 0 Å². The molecular weight excluding hydrogens is 360 g/mol. The quantitative estimate of drug-likeness (QED) is 0.656. The molecule has 2 aromatic rings. The minimum atomic E-state index is -0.313. The third kappa shape index (κ3) is 6.19. The summed E-state index contributed by atoms with van der Waals surface area (Å²) < 4.78 is 15.9. The molecular formula is C21H26N2O5. The number of anilines is 1. The van der Waals surface area contributed by atoms with Gasteiger partial charge in [-0.15, -0.1) is 0 Å². The Morgan fingerprint density at radius 3 is 2.39 bits per heavy atom. The largest absolute Gasteiger partial charge is 0.493 e. The van der Waals surface area contributed by atoms with E-state index >= 15 is 0 Å². The average molecular weight is 386 g/mol. The number of carbonyl (C=O) groups excluding carboxylic acids is 2. The molecule has 0 saturated heterocycles. The van der Waals surface area contributed by atoms with Crippen molar-refractivity contribution in [2.24, 2.45) is 0 Å². The van der Waals surface area contributed by atoms with Gasteiger partial charge in [0.2, 0.25) is 11.8 Å². The highest BCUT2D eigenvalue weighted by Crippen LogP contribution is 2.28. The maximum Gasteiger partial charge on any atom is 0.243 e. The van der Waals surface area contributed by atoms with E-state index < -0.39 is 0 Å². The van der Waals surface area contributed by atoms with Gasteiger partial charge in [0, 0.05) is 6.42 Å². The molecule has 2 N–H and O–H groups in total. The van der Waals surface area contributed by atoms with Gasteiger partial charge in [0.25, 0.3) is 0 Å². The topological polar surface area (TPSA) is 85.9 Å². The first-order valence-corrected chi connectivity index (χ1v) is 9.06. The maximum absolute atomic E-state index is 12.1. The van der Waals surface area contributed by atoms with Gasteiger partial charge in [-0.05, 0) is 43.2 Å². The summed E-state index contributed by atoms with van der Waals surface area (Å²) in [7, 11) is 3.14. The molecule has 150 valence electrons. The van der Waals surface area contributed by atoms with E-state index in [2.05, 4.69) is 10.6 Å². The number of nitrogens with one attached hydrogen (secondary N) is 2. The maximum atomic E-state index is 12.1. The lowest BCUT2D eigenvalue weighted by Crippen LogP contribution is -2.33. The molecule has 2 amide bonds. The highest BCUT2D eigenvalue weighted by Gasteiger charge is 2.10. The molecule has 0 bridgehead atoms. The second-order valence-electron chi connectivity index (χ2n) is 5.94. The number of aryl methyl sites for hydroxylation is 1. The van der Waals surface area contributed by atoms with Crippen LogP contribution >= 0.6 is 0 Å². The normalized spacial score (nSPS) is 10.1. The van der Waals surface area contributed by atoms with Gasteiger partial charge < -0.3 is 24.8 Å². The Labute approximate surface area is 165 Å². The van der Waals surface area contributed by atoms with Gasteiger partial charge in [-0.1, -0.05) is 18.2 Å². The summed E-state index contributed by atoms with van der Waals surface area (Å²) in [6, 6.07) is 12.7. The summed E-state index contributed by atoms with van der Waals surface area (Å²) in [5.41, 5.74) is 1.52. The summed E-state index contributed by atoms with van der Waals surface area (Å²) in [5.74, 6) is 1.33. The van der Waals surface area contributed by atoms with Crippen molar-refractivity contribution in [1.29, 1.82) is 0 Å². The van der Waals surface area contributed by atoms with E-state index in [4.69, 9.17) is 14.2 Å². The predicted octanol–water partition coefficient (Wildman–Crippen LogP) is 2.79. The van der Waals surface area contributed by atoms with Crippen LogP contribution in [-0.4, -0.2) is 39.2 Å². The van der Waals surface area contributed by atoms with Crippen molar-refractivity contribution in [3.05, 3.63) is 48.0 Å². The molecule has 0 atom stereocenters. The second kappa shape index (κ2) is 10.8.